The Labute approximate surface area is 86.2 Å². The van der Waals surface area contributed by atoms with Crippen molar-refractivity contribution >= 4 is 17.1 Å². The minimum absolute atomic E-state index is 0.148. The third kappa shape index (κ3) is 2.06. The zero-order valence-corrected chi connectivity index (χ0v) is 8.33. The SMILES string of the molecule is O=C(Cc1cccs1)c1ccncc1. The van der Waals surface area contributed by atoms with Crippen molar-refractivity contribution in [1.82, 2.24) is 4.98 Å². The van der Waals surface area contributed by atoms with E-state index in [-0.39, 0.29) is 5.78 Å². The molecule has 2 nitrogen and oxygen atoms in total. The lowest BCUT2D eigenvalue weighted by molar-refractivity contribution is 0.0993. The molecular formula is C11H9NOS. The van der Waals surface area contributed by atoms with Crippen molar-refractivity contribution in [3.05, 3.63) is 52.5 Å². The van der Waals surface area contributed by atoms with E-state index < -0.39 is 0 Å². The number of carbonyl (C=O) groups excluding carboxylic acids is 1. The van der Waals surface area contributed by atoms with E-state index in [0.29, 0.717) is 6.42 Å². The first kappa shape index (κ1) is 9.09. The molecule has 3 heteroatoms. The van der Waals surface area contributed by atoms with Crippen LogP contribution in [-0.4, -0.2) is 10.8 Å². The summed E-state index contributed by atoms with van der Waals surface area (Å²) in [5.41, 5.74) is 0.730. The summed E-state index contributed by atoms with van der Waals surface area (Å²) in [5.74, 6) is 0.148. The van der Waals surface area contributed by atoms with Crippen LogP contribution >= 0.6 is 11.3 Å². The lowest BCUT2D eigenvalue weighted by Gasteiger charge is -1.97. The zero-order chi connectivity index (χ0) is 9.80. The number of hydrogen-bond donors (Lipinski definition) is 0. The smallest absolute Gasteiger partial charge is 0.168 e. The van der Waals surface area contributed by atoms with Gasteiger partial charge in [0.2, 0.25) is 0 Å². The van der Waals surface area contributed by atoms with Gasteiger partial charge in [-0.2, -0.15) is 0 Å². The van der Waals surface area contributed by atoms with Crippen LogP contribution < -0.4 is 0 Å². The summed E-state index contributed by atoms with van der Waals surface area (Å²) >= 11 is 1.61. The van der Waals surface area contributed by atoms with Gasteiger partial charge in [-0.25, -0.2) is 0 Å². The molecule has 2 aromatic rings. The first-order valence-corrected chi connectivity index (χ1v) is 5.20. The van der Waals surface area contributed by atoms with Gasteiger partial charge < -0.3 is 0 Å². The molecular weight excluding hydrogens is 194 g/mol. The van der Waals surface area contributed by atoms with Crippen molar-refractivity contribution in [3.8, 4) is 0 Å². The summed E-state index contributed by atoms with van der Waals surface area (Å²) in [7, 11) is 0. The third-order valence-corrected chi connectivity index (χ3v) is 2.79. The van der Waals surface area contributed by atoms with Crippen molar-refractivity contribution in [1.29, 1.82) is 0 Å². The molecule has 2 aromatic heterocycles. The molecule has 2 heterocycles. The summed E-state index contributed by atoms with van der Waals surface area (Å²) in [5, 5.41) is 1.98. The number of ketones is 1. The van der Waals surface area contributed by atoms with Crippen LogP contribution in [0.1, 0.15) is 15.2 Å². The van der Waals surface area contributed by atoms with Crippen LogP contribution in [0.3, 0.4) is 0 Å². The number of rotatable bonds is 3. The van der Waals surface area contributed by atoms with E-state index in [0.717, 1.165) is 10.4 Å². The second-order valence-electron chi connectivity index (χ2n) is 2.92. The van der Waals surface area contributed by atoms with Crippen molar-refractivity contribution in [2.45, 2.75) is 6.42 Å². The minimum Gasteiger partial charge on any atom is -0.294 e. The maximum atomic E-state index is 11.7. The topological polar surface area (TPSA) is 30.0 Å². The molecule has 14 heavy (non-hydrogen) atoms. The Bertz CT molecular complexity index is 408. The van der Waals surface area contributed by atoms with E-state index in [2.05, 4.69) is 4.98 Å². The molecule has 0 aromatic carbocycles. The third-order valence-electron chi connectivity index (χ3n) is 1.92. The molecule has 70 valence electrons. The summed E-state index contributed by atoms with van der Waals surface area (Å²) in [4.78, 5) is 16.7. The van der Waals surface area contributed by atoms with E-state index >= 15 is 0 Å². The molecule has 0 bridgehead atoms. The molecule has 2 rings (SSSR count). The molecule has 0 atom stereocenters. The molecule has 0 saturated heterocycles. The summed E-state index contributed by atoms with van der Waals surface area (Å²) in [6.07, 6.45) is 3.77. The van der Waals surface area contributed by atoms with Gasteiger partial charge in [-0.3, -0.25) is 9.78 Å². The van der Waals surface area contributed by atoms with Crippen molar-refractivity contribution < 1.29 is 4.79 Å². The predicted octanol–water partition coefficient (Wildman–Crippen LogP) is 2.57. The molecule has 0 N–H and O–H groups in total. The lowest BCUT2D eigenvalue weighted by atomic mass is 10.1. The number of pyridine rings is 1. The molecule has 0 aliphatic carbocycles. The van der Waals surface area contributed by atoms with Crippen LogP contribution in [0, 0.1) is 0 Å². The van der Waals surface area contributed by atoms with E-state index in [1.165, 1.54) is 0 Å². The first-order valence-electron chi connectivity index (χ1n) is 4.32. The molecule has 0 radical (unpaired) electrons. The quantitative estimate of drug-likeness (QED) is 0.717. The normalized spacial score (nSPS) is 10.0. The monoisotopic (exact) mass is 203 g/mol. The molecule has 0 spiro atoms. The van der Waals surface area contributed by atoms with Gasteiger partial charge in [-0.15, -0.1) is 11.3 Å². The Hall–Kier alpha value is -1.48. The highest BCUT2D eigenvalue weighted by Crippen LogP contribution is 2.12. The fourth-order valence-electron chi connectivity index (χ4n) is 1.21. The number of thiophene rings is 1. The summed E-state index contributed by atoms with van der Waals surface area (Å²) < 4.78 is 0. The van der Waals surface area contributed by atoms with E-state index in [1.54, 1.807) is 35.9 Å². The van der Waals surface area contributed by atoms with Crippen LogP contribution in [0.5, 0.6) is 0 Å². The number of nitrogens with zero attached hydrogens (tertiary/aromatic N) is 1. The molecule has 0 aliphatic rings. The van der Waals surface area contributed by atoms with Gasteiger partial charge in [0, 0.05) is 29.3 Å². The van der Waals surface area contributed by atoms with Gasteiger partial charge in [0.15, 0.2) is 5.78 Å². The Morgan fingerprint density at radius 1 is 1.29 bits per heavy atom. The highest BCUT2D eigenvalue weighted by Gasteiger charge is 2.06. The van der Waals surface area contributed by atoms with E-state index in [1.807, 2.05) is 17.5 Å². The van der Waals surface area contributed by atoms with Crippen molar-refractivity contribution in [2.75, 3.05) is 0 Å². The van der Waals surface area contributed by atoms with E-state index in [4.69, 9.17) is 0 Å². The van der Waals surface area contributed by atoms with Crippen molar-refractivity contribution in [3.63, 3.8) is 0 Å². The van der Waals surface area contributed by atoms with Gasteiger partial charge in [0.05, 0.1) is 0 Å². The molecule has 0 amide bonds. The molecule has 0 saturated carbocycles. The van der Waals surface area contributed by atoms with Crippen LogP contribution in [0.15, 0.2) is 42.0 Å². The first-order chi connectivity index (χ1) is 6.86. The van der Waals surface area contributed by atoms with E-state index in [9.17, 15) is 4.79 Å². The lowest BCUT2D eigenvalue weighted by Crippen LogP contribution is -2.01. The number of aromatic nitrogens is 1. The Balaban J connectivity index is 2.11. The summed E-state index contributed by atoms with van der Waals surface area (Å²) in [6.45, 7) is 0. The number of carbonyl (C=O) groups is 1. The number of Topliss-reactive ketones (excluding diaryl/α,β-unsaturated/α-hetero) is 1. The average molecular weight is 203 g/mol. The van der Waals surface area contributed by atoms with Crippen LogP contribution in [0.2, 0.25) is 0 Å². The molecule has 0 unspecified atom stereocenters. The highest BCUT2D eigenvalue weighted by atomic mass is 32.1. The standard InChI is InChI=1S/C11H9NOS/c13-11(8-10-2-1-7-14-10)9-3-5-12-6-4-9/h1-7H,8H2. The Morgan fingerprint density at radius 2 is 2.07 bits per heavy atom. The van der Waals surface area contributed by atoms with Crippen LogP contribution in [0.4, 0.5) is 0 Å². The maximum Gasteiger partial charge on any atom is 0.168 e. The highest BCUT2D eigenvalue weighted by molar-refractivity contribution is 7.10. The maximum absolute atomic E-state index is 11.7. The largest absolute Gasteiger partial charge is 0.294 e. The van der Waals surface area contributed by atoms with Gasteiger partial charge in [-0.1, -0.05) is 6.07 Å². The average Bonchev–Trinajstić information content (AvgIpc) is 2.72. The summed E-state index contributed by atoms with van der Waals surface area (Å²) in [6, 6.07) is 7.43. The van der Waals surface area contributed by atoms with Gasteiger partial charge in [0.25, 0.3) is 0 Å². The van der Waals surface area contributed by atoms with Crippen LogP contribution in [-0.2, 0) is 6.42 Å². The zero-order valence-electron chi connectivity index (χ0n) is 7.51. The minimum atomic E-state index is 0.148. The Kier molecular flexibility index (Phi) is 2.70. The molecule has 0 fully saturated rings. The fourth-order valence-corrected chi connectivity index (χ4v) is 1.91. The molecule has 0 aliphatic heterocycles. The Morgan fingerprint density at radius 3 is 2.71 bits per heavy atom. The van der Waals surface area contributed by atoms with Crippen LogP contribution in [0.25, 0.3) is 0 Å². The second kappa shape index (κ2) is 4.15. The predicted molar refractivity (Wildman–Crippen MR) is 56.6 cm³/mol. The van der Waals surface area contributed by atoms with Crippen molar-refractivity contribution in [2.24, 2.45) is 0 Å². The second-order valence-corrected chi connectivity index (χ2v) is 3.95. The number of hydrogen-bond acceptors (Lipinski definition) is 3. The van der Waals surface area contributed by atoms with Gasteiger partial charge >= 0.3 is 0 Å². The fraction of sp³-hybridized carbons (Fsp3) is 0.0909. The van der Waals surface area contributed by atoms with Gasteiger partial charge in [-0.05, 0) is 23.6 Å². The van der Waals surface area contributed by atoms with Gasteiger partial charge in [0.1, 0.15) is 0 Å².